The number of piperazine rings is 1. The van der Waals surface area contributed by atoms with Crippen LogP contribution in [0.1, 0.15) is 0 Å². The average Bonchev–Trinajstić information content (AvgIpc) is 2.20. The van der Waals surface area contributed by atoms with Crippen LogP contribution in [0.2, 0.25) is 0 Å². The van der Waals surface area contributed by atoms with Crippen molar-refractivity contribution in [2.75, 3.05) is 38.1 Å². The van der Waals surface area contributed by atoms with Gasteiger partial charge in [-0.15, -0.1) is 10.2 Å². The third-order valence-electron chi connectivity index (χ3n) is 2.34. The number of aromatic nitrogens is 2. The topological polar surface area (TPSA) is 32.3 Å². The molecule has 0 unspecified atom stereocenters. The van der Waals surface area contributed by atoms with Crippen molar-refractivity contribution in [2.24, 2.45) is 0 Å². The molecule has 0 aliphatic carbocycles. The minimum atomic E-state index is 0.965. The van der Waals surface area contributed by atoms with Crippen molar-refractivity contribution < 1.29 is 0 Å². The Morgan fingerprint density at radius 1 is 1.31 bits per heavy atom. The Morgan fingerprint density at radius 3 is 2.69 bits per heavy atom. The van der Waals surface area contributed by atoms with Crippen LogP contribution in [0.5, 0.6) is 0 Å². The first-order valence-electron chi connectivity index (χ1n) is 4.49. The molecule has 2 heterocycles. The van der Waals surface area contributed by atoms with E-state index in [-0.39, 0.29) is 0 Å². The molecular weight excluding hydrogens is 164 g/mol. The Kier molecular flexibility index (Phi) is 2.40. The fourth-order valence-corrected chi connectivity index (χ4v) is 1.46. The van der Waals surface area contributed by atoms with Gasteiger partial charge in [-0.1, -0.05) is 0 Å². The maximum absolute atomic E-state index is 4.03. The molecule has 1 aromatic heterocycles. The van der Waals surface area contributed by atoms with E-state index in [0.717, 1.165) is 32.0 Å². The minimum Gasteiger partial charge on any atom is -0.353 e. The van der Waals surface area contributed by atoms with E-state index in [4.69, 9.17) is 0 Å². The molecule has 69 valence electrons. The average molecular weight is 177 g/mol. The summed E-state index contributed by atoms with van der Waals surface area (Å²) < 4.78 is 0. The molecule has 0 N–H and O–H groups in total. The molecule has 0 spiro atoms. The summed E-state index contributed by atoms with van der Waals surface area (Å²) >= 11 is 0. The first kappa shape index (κ1) is 8.44. The first-order chi connectivity index (χ1) is 6.36. The van der Waals surface area contributed by atoms with E-state index in [1.54, 1.807) is 6.07 Å². The highest BCUT2D eigenvalue weighted by atomic mass is 15.3. The van der Waals surface area contributed by atoms with Crippen molar-refractivity contribution in [3.63, 3.8) is 0 Å². The zero-order valence-corrected chi connectivity index (χ0v) is 7.77. The summed E-state index contributed by atoms with van der Waals surface area (Å²) in [5, 5.41) is 7.78. The lowest BCUT2D eigenvalue weighted by molar-refractivity contribution is 0.312. The van der Waals surface area contributed by atoms with E-state index in [2.05, 4.69) is 33.2 Å². The molecule has 0 aromatic carbocycles. The van der Waals surface area contributed by atoms with Crippen LogP contribution >= 0.6 is 0 Å². The van der Waals surface area contributed by atoms with Crippen LogP contribution in [0.15, 0.2) is 12.1 Å². The molecule has 1 fully saturated rings. The lowest BCUT2D eigenvalue weighted by Crippen LogP contribution is -2.44. The molecule has 0 saturated carbocycles. The molecule has 0 bridgehead atoms. The van der Waals surface area contributed by atoms with Gasteiger partial charge < -0.3 is 9.80 Å². The van der Waals surface area contributed by atoms with Crippen molar-refractivity contribution in [3.8, 4) is 0 Å². The molecule has 1 saturated heterocycles. The maximum Gasteiger partial charge on any atom is 0.151 e. The fraction of sp³-hybridized carbons (Fsp3) is 0.556. The van der Waals surface area contributed by atoms with Crippen molar-refractivity contribution in [3.05, 3.63) is 18.3 Å². The predicted octanol–water partition coefficient (Wildman–Crippen LogP) is 0.0286. The van der Waals surface area contributed by atoms with Crippen LogP contribution in [0.4, 0.5) is 5.82 Å². The number of hydrogen-bond acceptors (Lipinski definition) is 4. The molecule has 13 heavy (non-hydrogen) atoms. The predicted molar refractivity (Wildman–Crippen MR) is 50.6 cm³/mol. The Balaban J connectivity index is 2.03. The van der Waals surface area contributed by atoms with Gasteiger partial charge in [-0.05, 0) is 19.2 Å². The van der Waals surface area contributed by atoms with Crippen LogP contribution in [0.25, 0.3) is 0 Å². The van der Waals surface area contributed by atoms with E-state index in [0.29, 0.717) is 0 Å². The molecule has 4 nitrogen and oxygen atoms in total. The lowest BCUT2D eigenvalue weighted by Gasteiger charge is -2.32. The van der Waals surface area contributed by atoms with Gasteiger partial charge in [0.25, 0.3) is 0 Å². The maximum atomic E-state index is 4.03. The summed E-state index contributed by atoms with van der Waals surface area (Å²) in [6.07, 6.45) is 2.68. The summed E-state index contributed by atoms with van der Waals surface area (Å²) in [7, 11) is 2.14. The minimum absolute atomic E-state index is 0.965. The van der Waals surface area contributed by atoms with Crippen LogP contribution in [-0.2, 0) is 0 Å². The summed E-state index contributed by atoms with van der Waals surface area (Å²) in [4.78, 5) is 4.57. The van der Waals surface area contributed by atoms with Crippen LogP contribution in [0, 0.1) is 6.20 Å². The Labute approximate surface area is 78.2 Å². The Bertz CT molecular complexity index is 254. The van der Waals surface area contributed by atoms with Crippen LogP contribution in [-0.4, -0.2) is 48.3 Å². The highest BCUT2D eigenvalue weighted by Gasteiger charge is 2.14. The van der Waals surface area contributed by atoms with E-state index >= 15 is 0 Å². The second-order valence-electron chi connectivity index (χ2n) is 3.31. The van der Waals surface area contributed by atoms with Crippen LogP contribution in [0.3, 0.4) is 0 Å². The first-order valence-corrected chi connectivity index (χ1v) is 4.49. The highest BCUT2D eigenvalue weighted by Crippen LogP contribution is 2.09. The summed E-state index contributed by atoms with van der Waals surface area (Å²) in [6.45, 7) is 4.27. The van der Waals surface area contributed by atoms with E-state index in [1.807, 2.05) is 6.07 Å². The zero-order chi connectivity index (χ0) is 9.10. The molecule has 1 aliphatic rings. The van der Waals surface area contributed by atoms with Gasteiger partial charge in [0, 0.05) is 26.2 Å². The highest BCUT2D eigenvalue weighted by molar-refractivity contribution is 5.36. The monoisotopic (exact) mass is 177 g/mol. The van der Waals surface area contributed by atoms with Gasteiger partial charge in [0.2, 0.25) is 0 Å². The summed E-state index contributed by atoms with van der Waals surface area (Å²) in [6, 6.07) is 3.76. The fourth-order valence-electron chi connectivity index (χ4n) is 1.46. The number of likely N-dealkylation sites (N-methyl/N-ethyl adjacent to an activating group) is 1. The molecule has 1 radical (unpaired) electrons. The normalized spacial score (nSPS) is 19.0. The molecule has 0 atom stereocenters. The van der Waals surface area contributed by atoms with Gasteiger partial charge >= 0.3 is 0 Å². The summed E-state index contributed by atoms with van der Waals surface area (Å²) in [5.74, 6) is 0.965. The molecular formula is C9H13N4. The number of hydrogen-bond donors (Lipinski definition) is 0. The van der Waals surface area contributed by atoms with Crippen molar-refractivity contribution >= 4 is 5.82 Å². The molecule has 1 aliphatic heterocycles. The van der Waals surface area contributed by atoms with Crippen molar-refractivity contribution in [1.29, 1.82) is 0 Å². The lowest BCUT2D eigenvalue weighted by atomic mass is 10.3. The van der Waals surface area contributed by atoms with E-state index < -0.39 is 0 Å². The SMILES string of the molecule is CN1CCN(c2cc[c]nn2)CC1. The van der Waals surface area contributed by atoms with Crippen molar-refractivity contribution in [2.45, 2.75) is 0 Å². The molecule has 0 amide bonds. The quantitative estimate of drug-likeness (QED) is 0.605. The van der Waals surface area contributed by atoms with Crippen molar-refractivity contribution in [1.82, 2.24) is 15.1 Å². The largest absolute Gasteiger partial charge is 0.353 e. The second kappa shape index (κ2) is 3.70. The van der Waals surface area contributed by atoms with E-state index in [1.165, 1.54) is 0 Å². The Morgan fingerprint density at radius 2 is 2.08 bits per heavy atom. The molecule has 4 heteroatoms. The standard InChI is InChI=1S/C9H13N4/c1-12-5-7-13(8-6-12)9-3-2-4-10-11-9/h2-3H,5-8H2,1H3. The van der Waals surface area contributed by atoms with Gasteiger partial charge in [-0.25, -0.2) is 0 Å². The number of rotatable bonds is 1. The Hall–Kier alpha value is -1.16. The van der Waals surface area contributed by atoms with Gasteiger partial charge in [-0.3, -0.25) is 0 Å². The summed E-state index contributed by atoms with van der Waals surface area (Å²) in [5.41, 5.74) is 0. The third kappa shape index (κ3) is 1.95. The number of nitrogens with zero attached hydrogens (tertiary/aromatic N) is 4. The van der Waals surface area contributed by atoms with Gasteiger partial charge in [-0.2, -0.15) is 0 Å². The number of anilines is 1. The van der Waals surface area contributed by atoms with Gasteiger partial charge in [0.1, 0.15) is 6.20 Å². The third-order valence-corrected chi connectivity index (χ3v) is 2.34. The zero-order valence-electron chi connectivity index (χ0n) is 7.77. The van der Waals surface area contributed by atoms with Crippen LogP contribution < -0.4 is 4.90 Å². The smallest absolute Gasteiger partial charge is 0.151 e. The van der Waals surface area contributed by atoms with Gasteiger partial charge in [0.05, 0.1) is 0 Å². The molecule has 1 aromatic rings. The van der Waals surface area contributed by atoms with E-state index in [9.17, 15) is 0 Å². The molecule has 2 rings (SSSR count). The second-order valence-corrected chi connectivity index (χ2v) is 3.31. The van der Waals surface area contributed by atoms with Gasteiger partial charge in [0.15, 0.2) is 5.82 Å².